The predicted octanol–water partition coefficient (Wildman–Crippen LogP) is 2.35. The third-order valence-electron chi connectivity index (χ3n) is 3.87. The van der Waals surface area contributed by atoms with Crippen molar-refractivity contribution in [2.45, 2.75) is 38.9 Å². The van der Waals surface area contributed by atoms with E-state index in [2.05, 4.69) is 42.5 Å². The van der Waals surface area contributed by atoms with E-state index in [1.807, 2.05) is 6.26 Å². The van der Waals surface area contributed by atoms with Crippen LogP contribution in [-0.4, -0.2) is 53.3 Å². The molecule has 106 valence electrons. The van der Waals surface area contributed by atoms with Crippen molar-refractivity contribution in [2.24, 2.45) is 0 Å². The molecule has 1 saturated heterocycles. The van der Waals surface area contributed by atoms with Crippen LogP contribution in [0, 0.1) is 13.8 Å². The molecule has 4 nitrogen and oxygen atoms in total. The lowest BCUT2D eigenvalue weighted by atomic mass is 10.2. The van der Waals surface area contributed by atoms with Gasteiger partial charge in [0.1, 0.15) is 5.82 Å². The van der Waals surface area contributed by atoms with Gasteiger partial charge in [0.15, 0.2) is 5.16 Å². The fourth-order valence-corrected chi connectivity index (χ4v) is 2.84. The molecular formula is C14H24N4S. The van der Waals surface area contributed by atoms with Crippen LogP contribution in [0.3, 0.4) is 0 Å². The molecule has 0 amide bonds. The summed E-state index contributed by atoms with van der Waals surface area (Å²) in [6.07, 6.45) is 2.03. The molecule has 1 aromatic heterocycles. The summed E-state index contributed by atoms with van der Waals surface area (Å²) < 4.78 is 0. The number of nitrogens with zero attached hydrogens (tertiary/aromatic N) is 4. The summed E-state index contributed by atoms with van der Waals surface area (Å²) in [5, 5.41) is 0.879. The van der Waals surface area contributed by atoms with Crippen molar-refractivity contribution in [1.82, 2.24) is 14.9 Å². The van der Waals surface area contributed by atoms with Crippen LogP contribution in [0.1, 0.15) is 25.1 Å². The lowest BCUT2D eigenvalue weighted by Crippen LogP contribution is -2.49. The second-order valence-electron chi connectivity index (χ2n) is 5.36. The van der Waals surface area contributed by atoms with Crippen molar-refractivity contribution in [1.29, 1.82) is 0 Å². The van der Waals surface area contributed by atoms with E-state index in [1.54, 1.807) is 11.8 Å². The van der Waals surface area contributed by atoms with Gasteiger partial charge < -0.3 is 4.90 Å². The van der Waals surface area contributed by atoms with Gasteiger partial charge in [0.25, 0.3) is 0 Å². The van der Waals surface area contributed by atoms with Gasteiger partial charge in [-0.25, -0.2) is 9.97 Å². The van der Waals surface area contributed by atoms with Crippen LogP contribution in [0.2, 0.25) is 0 Å². The van der Waals surface area contributed by atoms with Crippen LogP contribution < -0.4 is 4.90 Å². The largest absolute Gasteiger partial charge is 0.354 e. The third-order valence-corrected chi connectivity index (χ3v) is 4.42. The summed E-state index contributed by atoms with van der Waals surface area (Å²) in [4.78, 5) is 14.1. The average Bonchev–Trinajstić information content (AvgIpc) is 2.41. The Kier molecular flexibility index (Phi) is 4.68. The maximum atomic E-state index is 4.70. The maximum absolute atomic E-state index is 4.70. The van der Waals surface area contributed by atoms with E-state index in [9.17, 15) is 0 Å². The molecule has 0 aromatic carbocycles. The van der Waals surface area contributed by atoms with Crippen molar-refractivity contribution in [3.05, 3.63) is 11.3 Å². The lowest BCUT2D eigenvalue weighted by Gasteiger charge is -2.38. The fraction of sp³-hybridized carbons (Fsp3) is 0.714. The van der Waals surface area contributed by atoms with Crippen molar-refractivity contribution in [2.75, 3.05) is 37.3 Å². The van der Waals surface area contributed by atoms with E-state index in [1.165, 1.54) is 5.56 Å². The van der Waals surface area contributed by atoms with Gasteiger partial charge in [0.2, 0.25) is 0 Å². The molecular weight excluding hydrogens is 256 g/mol. The van der Waals surface area contributed by atoms with Gasteiger partial charge in [-0.05, 0) is 34.0 Å². The second-order valence-corrected chi connectivity index (χ2v) is 6.13. The average molecular weight is 280 g/mol. The highest BCUT2D eigenvalue weighted by atomic mass is 32.2. The van der Waals surface area contributed by atoms with Gasteiger partial charge in [-0.1, -0.05) is 11.8 Å². The van der Waals surface area contributed by atoms with E-state index in [-0.39, 0.29) is 0 Å². The Morgan fingerprint density at radius 1 is 1.05 bits per heavy atom. The Hall–Kier alpha value is -0.810. The first-order valence-corrected chi connectivity index (χ1v) is 8.13. The molecule has 0 unspecified atom stereocenters. The Balaban J connectivity index is 2.17. The molecule has 5 heteroatoms. The van der Waals surface area contributed by atoms with Gasteiger partial charge in [-0.2, -0.15) is 0 Å². The molecule has 1 aromatic rings. The zero-order valence-corrected chi connectivity index (χ0v) is 13.4. The summed E-state index contributed by atoms with van der Waals surface area (Å²) in [6.45, 7) is 13.1. The van der Waals surface area contributed by atoms with E-state index >= 15 is 0 Å². The number of hydrogen-bond acceptors (Lipinski definition) is 5. The van der Waals surface area contributed by atoms with Gasteiger partial charge in [0, 0.05) is 43.5 Å². The molecule has 0 spiro atoms. The molecule has 1 aliphatic rings. The summed E-state index contributed by atoms with van der Waals surface area (Å²) in [5.41, 5.74) is 2.32. The van der Waals surface area contributed by atoms with Crippen molar-refractivity contribution >= 4 is 17.6 Å². The van der Waals surface area contributed by atoms with E-state index in [4.69, 9.17) is 4.98 Å². The van der Waals surface area contributed by atoms with Crippen molar-refractivity contribution < 1.29 is 0 Å². The number of aromatic nitrogens is 2. The number of rotatable bonds is 3. The zero-order valence-electron chi connectivity index (χ0n) is 12.6. The van der Waals surface area contributed by atoms with E-state index < -0.39 is 0 Å². The van der Waals surface area contributed by atoms with Crippen molar-refractivity contribution in [3.8, 4) is 0 Å². The Bertz CT molecular complexity index is 439. The third kappa shape index (κ3) is 3.20. The fourth-order valence-electron chi connectivity index (χ4n) is 2.44. The van der Waals surface area contributed by atoms with Crippen LogP contribution in [0.25, 0.3) is 0 Å². The molecule has 0 saturated carbocycles. The molecule has 19 heavy (non-hydrogen) atoms. The van der Waals surface area contributed by atoms with Crippen molar-refractivity contribution in [3.63, 3.8) is 0 Å². The number of piperazine rings is 1. The molecule has 0 N–H and O–H groups in total. The first-order valence-electron chi connectivity index (χ1n) is 6.91. The minimum atomic E-state index is 0.636. The molecule has 2 heterocycles. The minimum Gasteiger partial charge on any atom is -0.354 e. The quantitative estimate of drug-likeness (QED) is 0.627. The number of thioether (sulfide) groups is 1. The molecule has 0 aliphatic carbocycles. The van der Waals surface area contributed by atoms with Crippen LogP contribution in [0.4, 0.5) is 5.82 Å². The highest BCUT2D eigenvalue weighted by Gasteiger charge is 2.22. The first kappa shape index (κ1) is 14.6. The second kappa shape index (κ2) is 6.09. The Labute approximate surface area is 120 Å². The Morgan fingerprint density at radius 2 is 1.68 bits per heavy atom. The van der Waals surface area contributed by atoms with E-state index in [0.717, 1.165) is 42.8 Å². The highest BCUT2D eigenvalue weighted by Crippen LogP contribution is 2.24. The Morgan fingerprint density at radius 3 is 2.21 bits per heavy atom. The number of hydrogen-bond donors (Lipinski definition) is 0. The summed E-state index contributed by atoms with van der Waals surface area (Å²) in [7, 11) is 0. The normalized spacial score (nSPS) is 17.3. The minimum absolute atomic E-state index is 0.636. The van der Waals surface area contributed by atoms with Gasteiger partial charge in [0.05, 0.1) is 0 Å². The molecule has 1 fully saturated rings. The monoisotopic (exact) mass is 280 g/mol. The van der Waals surface area contributed by atoms with Crippen LogP contribution in [0.5, 0.6) is 0 Å². The molecule has 1 aliphatic heterocycles. The zero-order chi connectivity index (χ0) is 14.0. The molecule has 2 rings (SSSR count). The lowest BCUT2D eigenvalue weighted by molar-refractivity contribution is 0.209. The molecule has 0 radical (unpaired) electrons. The van der Waals surface area contributed by atoms with Crippen LogP contribution >= 0.6 is 11.8 Å². The van der Waals surface area contributed by atoms with Gasteiger partial charge in [-0.15, -0.1) is 0 Å². The van der Waals surface area contributed by atoms with E-state index in [0.29, 0.717) is 6.04 Å². The standard InChI is InChI=1S/C14H24N4S/c1-10(2)17-6-8-18(9-7-17)13-11(3)12(4)15-14(16-13)19-5/h10H,6-9H2,1-5H3. The summed E-state index contributed by atoms with van der Waals surface area (Å²) in [5.74, 6) is 1.13. The number of aryl methyl sites for hydroxylation is 1. The number of anilines is 1. The van der Waals surface area contributed by atoms with Gasteiger partial charge >= 0.3 is 0 Å². The topological polar surface area (TPSA) is 32.3 Å². The maximum Gasteiger partial charge on any atom is 0.189 e. The first-order chi connectivity index (χ1) is 9.02. The molecule has 0 atom stereocenters. The smallest absolute Gasteiger partial charge is 0.189 e. The van der Waals surface area contributed by atoms with Crippen LogP contribution in [0.15, 0.2) is 5.16 Å². The predicted molar refractivity (Wildman–Crippen MR) is 82.2 cm³/mol. The summed E-state index contributed by atoms with van der Waals surface area (Å²) >= 11 is 1.62. The summed E-state index contributed by atoms with van der Waals surface area (Å²) in [6, 6.07) is 0.636. The SMILES string of the molecule is CSc1nc(C)c(C)c(N2CCN(C(C)C)CC2)n1. The van der Waals surface area contributed by atoms with Crippen LogP contribution in [-0.2, 0) is 0 Å². The highest BCUT2D eigenvalue weighted by molar-refractivity contribution is 7.98. The molecule has 0 bridgehead atoms. The van der Waals surface area contributed by atoms with Gasteiger partial charge in [-0.3, -0.25) is 4.90 Å².